The summed E-state index contributed by atoms with van der Waals surface area (Å²) >= 11 is 0. The fraction of sp³-hybridized carbons (Fsp3) is 0.667. The molecule has 0 saturated heterocycles. The van der Waals surface area contributed by atoms with Crippen molar-refractivity contribution in [3.8, 4) is 0 Å². The van der Waals surface area contributed by atoms with E-state index >= 15 is 0 Å². The first-order valence-electron chi connectivity index (χ1n) is 12.5. The van der Waals surface area contributed by atoms with E-state index in [2.05, 4.69) is 48.2 Å². The molecule has 3 rings (SSSR count). The highest BCUT2D eigenvalue weighted by Crippen LogP contribution is 2.43. The van der Waals surface area contributed by atoms with Crippen molar-refractivity contribution in [2.24, 2.45) is 11.8 Å². The van der Waals surface area contributed by atoms with Crippen molar-refractivity contribution >= 4 is 16.8 Å². The Morgan fingerprint density at radius 3 is 2.42 bits per heavy atom. The van der Waals surface area contributed by atoms with Crippen LogP contribution in [0, 0.1) is 25.7 Å². The Labute approximate surface area is 188 Å². The molecule has 1 aliphatic rings. The van der Waals surface area contributed by atoms with E-state index in [-0.39, 0.29) is 5.91 Å². The number of hydrogen-bond donors (Lipinski definition) is 1. The fourth-order valence-electron chi connectivity index (χ4n) is 4.87. The summed E-state index contributed by atoms with van der Waals surface area (Å²) in [5.74, 6) is 2.60. The fourth-order valence-corrected chi connectivity index (χ4v) is 4.87. The lowest BCUT2D eigenvalue weighted by atomic mass is 9.96. The van der Waals surface area contributed by atoms with Gasteiger partial charge in [0.15, 0.2) is 0 Å². The van der Waals surface area contributed by atoms with Gasteiger partial charge < -0.3 is 5.32 Å². The van der Waals surface area contributed by atoms with Gasteiger partial charge >= 0.3 is 0 Å². The molecule has 2 aromatic rings. The van der Waals surface area contributed by atoms with E-state index in [1.807, 2.05) is 6.92 Å². The van der Waals surface area contributed by atoms with E-state index in [9.17, 15) is 4.79 Å². The first-order valence-corrected chi connectivity index (χ1v) is 12.5. The number of nitrogens with one attached hydrogen (secondary N) is 1. The van der Waals surface area contributed by atoms with E-state index in [1.165, 1.54) is 61.5 Å². The molecule has 1 heterocycles. The summed E-state index contributed by atoms with van der Waals surface area (Å²) in [7, 11) is 0. The molecule has 0 radical (unpaired) electrons. The Morgan fingerprint density at radius 2 is 1.71 bits per heavy atom. The van der Waals surface area contributed by atoms with Crippen LogP contribution in [0.25, 0.3) is 10.9 Å². The minimum absolute atomic E-state index is 0.263. The molecule has 1 saturated carbocycles. The average Bonchev–Trinajstić information content (AvgIpc) is 3.49. The van der Waals surface area contributed by atoms with Crippen molar-refractivity contribution in [2.75, 3.05) is 6.54 Å². The standard InChI is InChI=1S/C27H41N3O/c1-5-21-15-24(21)18-27(31)28-14-12-10-8-7-9-11-13-23-17-26-25(16-22(23)6-2)19(3)29-20(4)30-26/h16-17,21,24H,5-15,18H2,1-4H3,(H,28,31). The zero-order chi connectivity index (χ0) is 22.2. The van der Waals surface area contributed by atoms with E-state index < -0.39 is 0 Å². The smallest absolute Gasteiger partial charge is 0.220 e. The molecular formula is C27H41N3O. The van der Waals surface area contributed by atoms with Crippen LogP contribution in [0.15, 0.2) is 12.1 Å². The monoisotopic (exact) mass is 423 g/mol. The number of nitrogens with zero attached hydrogens (tertiary/aromatic N) is 2. The lowest BCUT2D eigenvalue weighted by Gasteiger charge is -2.12. The molecular weight excluding hydrogens is 382 g/mol. The van der Waals surface area contributed by atoms with Crippen LogP contribution >= 0.6 is 0 Å². The average molecular weight is 424 g/mol. The van der Waals surface area contributed by atoms with Gasteiger partial charge in [0.2, 0.25) is 5.91 Å². The van der Waals surface area contributed by atoms with Crippen LogP contribution < -0.4 is 5.32 Å². The number of aromatic nitrogens is 2. The zero-order valence-corrected chi connectivity index (χ0v) is 20.1. The highest BCUT2D eigenvalue weighted by Gasteiger charge is 2.36. The van der Waals surface area contributed by atoms with Crippen molar-refractivity contribution in [2.45, 2.75) is 98.3 Å². The summed E-state index contributed by atoms with van der Waals surface area (Å²) in [4.78, 5) is 21.1. The normalized spacial score (nSPS) is 17.8. The first kappa shape index (κ1) is 23.7. The summed E-state index contributed by atoms with van der Waals surface area (Å²) < 4.78 is 0. The number of aryl methyl sites for hydroxylation is 4. The van der Waals surface area contributed by atoms with Crippen molar-refractivity contribution in [3.63, 3.8) is 0 Å². The molecule has 1 aromatic carbocycles. The first-order chi connectivity index (χ1) is 15.0. The van der Waals surface area contributed by atoms with Gasteiger partial charge in [0.25, 0.3) is 0 Å². The van der Waals surface area contributed by atoms with Crippen LogP contribution in [0.3, 0.4) is 0 Å². The number of amides is 1. The van der Waals surface area contributed by atoms with Gasteiger partial charge in [-0.1, -0.05) is 46.0 Å². The van der Waals surface area contributed by atoms with Crippen molar-refractivity contribution < 1.29 is 4.79 Å². The predicted octanol–water partition coefficient (Wildman–Crippen LogP) is 6.24. The van der Waals surface area contributed by atoms with Gasteiger partial charge in [-0.15, -0.1) is 0 Å². The third-order valence-corrected chi connectivity index (χ3v) is 6.94. The molecule has 4 heteroatoms. The Morgan fingerprint density at radius 1 is 0.968 bits per heavy atom. The summed E-state index contributed by atoms with van der Waals surface area (Å²) in [6, 6.07) is 4.60. The largest absolute Gasteiger partial charge is 0.356 e. The van der Waals surface area contributed by atoms with E-state index in [4.69, 9.17) is 0 Å². The second-order valence-corrected chi connectivity index (χ2v) is 9.44. The van der Waals surface area contributed by atoms with E-state index in [0.717, 1.165) is 55.2 Å². The van der Waals surface area contributed by atoms with Gasteiger partial charge in [-0.05, 0) is 81.0 Å². The van der Waals surface area contributed by atoms with Crippen LogP contribution in [0.5, 0.6) is 0 Å². The molecule has 1 amide bonds. The lowest BCUT2D eigenvalue weighted by molar-refractivity contribution is -0.121. The Bertz CT molecular complexity index is 876. The predicted molar refractivity (Wildman–Crippen MR) is 129 cm³/mol. The molecule has 1 N–H and O–H groups in total. The molecule has 4 nitrogen and oxygen atoms in total. The number of hydrogen-bond acceptors (Lipinski definition) is 3. The maximum Gasteiger partial charge on any atom is 0.220 e. The Balaban J connectivity index is 1.30. The van der Waals surface area contributed by atoms with Gasteiger partial charge in [0.05, 0.1) is 5.52 Å². The van der Waals surface area contributed by atoms with E-state index in [0.29, 0.717) is 5.92 Å². The Kier molecular flexibility index (Phi) is 8.86. The summed E-state index contributed by atoms with van der Waals surface area (Å²) in [6.45, 7) is 9.36. The van der Waals surface area contributed by atoms with Crippen LogP contribution in [0.2, 0.25) is 0 Å². The van der Waals surface area contributed by atoms with Crippen LogP contribution in [0.1, 0.15) is 94.3 Å². The molecule has 170 valence electrons. The third-order valence-electron chi connectivity index (χ3n) is 6.94. The number of fused-ring (bicyclic) bond motifs is 1. The summed E-state index contributed by atoms with van der Waals surface area (Å²) in [5.41, 5.74) is 5.07. The van der Waals surface area contributed by atoms with Gasteiger partial charge in [-0.25, -0.2) is 9.97 Å². The number of unbranched alkanes of at least 4 members (excludes halogenated alkanes) is 5. The minimum atomic E-state index is 0.263. The maximum absolute atomic E-state index is 11.9. The van der Waals surface area contributed by atoms with Crippen LogP contribution in [0.4, 0.5) is 0 Å². The molecule has 1 fully saturated rings. The molecule has 0 spiro atoms. The minimum Gasteiger partial charge on any atom is -0.356 e. The number of carbonyl (C=O) groups excluding carboxylic acids is 1. The van der Waals surface area contributed by atoms with Crippen molar-refractivity contribution in [1.29, 1.82) is 0 Å². The molecule has 1 aliphatic carbocycles. The quantitative estimate of drug-likeness (QED) is 0.388. The maximum atomic E-state index is 11.9. The summed E-state index contributed by atoms with van der Waals surface area (Å²) in [6.07, 6.45) is 12.8. The molecule has 1 aromatic heterocycles. The lowest BCUT2D eigenvalue weighted by Crippen LogP contribution is -2.24. The zero-order valence-electron chi connectivity index (χ0n) is 20.1. The number of rotatable bonds is 13. The van der Waals surface area contributed by atoms with Gasteiger partial charge in [-0.2, -0.15) is 0 Å². The second kappa shape index (κ2) is 11.6. The SMILES string of the molecule is CCc1cc2c(C)nc(C)nc2cc1CCCCCCCCNC(=O)CC1CC1CC. The topological polar surface area (TPSA) is 54.9 Å². The third kappa shape index (κ3) is 7.02. The number of benzene rings is 1. The van der Waals surface area contributed by atoms with Crippen molar-refractivity contribution in [1.82, 2.24) is 15.3 Å². The molecule has 2 unspecified atom stereocenters. The highest BCUT2D eigenvalue weighted by atomic mass is 16.1. The second-order valence-electron chi connectivity index (χ2n) is 9.44. The van der Waals surface area contributed by atoms with Crippen LogP contribution in [-0.4, -0.2) is 22.4 Å². The molecule has 31 heavy (non-hydrogen) atoms. The summed E-state index contributed by atoms with van der Waals surface area (Å²) in [5, 5.41) is 4.30. The highest BCUT2D eigenvalue weighted by molar-refractivity contribution is 5.82. The number of carbonyl (C=O) groups is 1. The molecule has 0 aliphatic heterocycles. The molecule has 0 bridgehead atoms. The van der Waals surface area contributed by atoms with E-state index in [1.54, 1.807) is 0 Å². The van der Waals surface area contributed by atoms with Crippen molar-refractivity contribution in [3.05, 3.63) is 34.8 Å². The van der Waals surface area contributed by atoms with Crippen LogP contribution in [-0.2, 0) is 17.6 Å². The Hall–Kier alpha value is -1.97. The van der Waals surface area contributed by atoms with Gasteiger partial charge in [-0.3, -0.25) is 4.79 Å². The van der Waals surface area contributed by atoms with Gasteiger partial charge in [0.1, 0.15) is 5.82 Å². The molecule has 2 atom stereocenters. The van der Waals surface area contributed by atoms with Gasteiger partial charge in [0, 0.05) is 24.0 Å².